The molecule has 288 valence electrons. The van der Waals surface area contributed by atoms with Gasteiger partial charge >= 0.3 is 0 Å². The molecule has 0 amide bonds. The Bertz CT molecular complexity index is 2990. The van der Waals surface area contributed by atoms with E-state index in [9.17, 15) is 5.11 Å². The largest absolute Gasteiger partial charge is 0.507 e. The zero-order valence-corrected chi connectivity index (χ0v) is 34.6. The Labute approximate surface area is 340 Å². The van der Waals surface area contributed by atoms with Crippen LogP contribution in [0.4, 0.5) is 0 Å². The molecule has 5 nitrogen and oxygen atoms in total. The Hall–Kier alpha value is -6.46. The molecule has 0 aliphatic carbocycles. The maximum absolute atomic E-state index is 12.2. The topological polar surface area (TPSA) is 64.1 Å². The van der Waals surface area contributed by atoms with Crippen molar-refractivity contribution in [2.45, 2.75) is 71.6 Å². The van der Waals surface area contributed by atoms with E-state index < -0.39 is 0 Å². The third kappa shape index (κ3) is 6.26. The lowest BCUT2D eigenvalue weighted by molar-refractivity contribution is 0.446. The number of fused-ring (bicyclic) bond motifs is 4. The number of benzene rings is 6. The highest BCUT2D eigenvalue weighted by Crippen LogP contribution is 2.46. The van der Waals surface area contributed by atoms with Crippen LogP contribution in [0.3, 0.4) is 0 Å². The predicted molar refractivity (Wildman–Crippen MR) is 240 cm³/mol. The van der Waals surface area contributed by atoms with E-state index in [0.717, 1.165) is 77.7 Å². The van der Waals surface area contributed by atoms with Gasteiger partial charge in [-0.25, -0.2) is 4.98 Å². The van der Waals surface area contributed by atoms with Crippen LogP contribution in [-0.2, 0) is 16.2 Å². The van der Waals surface area contributed by atoms with Gasteiger partial charge in [-0.1, -0.05) is 146 Å². The number of furan rings is 1. The second-order valence-electron chi connectivity index (χ2n) is 18.1. The molecule has 0 saturated heterocycles. The third-order valence-electron chi connectivity index (χ3n) is 11.8. The second kappa shape index (κ2) is 13.6. The van der Waals surface area contributed by atoms with Crippen molar-refractivity contribution in [3.8, 4) is 45.2 Å². The van der Waals surface area contributed by atoms with Gasteiger partial charge in [0.15, 0.2) is 5.58 Å². The third-order valence-corrected chi connectivity index (χ3v) is 11.8. The SMILES string of the molecule is CC(C)(C)c1cc(-c2nc3c(-c4cc(-c5nccc6c5oc5ccccc56)cc(C(C)(C)c5ccccc5)c4)cccc3n2-c2ccccc2)c(O)c(C(C)(C)C)c1. The zero-order valence-electron chi connectivity index (χ0n) is 34.6. The lowest BCUT2D eigenvalue weighted by Gasteiger charge is -2.27. The first kappa shape index (κ1) is 37.1. The van der Waals surface area contributed by atoms with Gasteiger partial charge in [0.25, 0.3) is 0 Å². The number of para-hydroxylation sites is 3. The van der Waals surface area contributed by atoms with Crippen LogP contribution in [0.15, 0.2) is 150 Å². The summed E-state index contributed by atoms with van der Waals surface area (Å²) in [6, 6.07) is 48.7. The molecule has 9 aromatic rings. The minimum atomic E-state index is -0.348. The maximum atomic E-state index is 12.2. The second-order valence-corrected chi connectivity index (χ2v) is 18.1. The molecule has 0 spiro atoms. The van der Waals surface area contributed by atoms with E-state index in [1.807, 2.05) is 48.7 Å². The number of hydrogen-bond acceptors (Lipinski definition) is 4. The fourth-order valence-electron chi connectivity index (χ4n) is 8.32. The molecule has 0 radical (unpaired) electrons. The minimum absolute atomic E-state index is 0.156. The Kier molecular flexibility index (Phi) is 8.70. The fourth-order valence-corrected chi connectivity index (χ4v) is 8.32. The van der Waals surface area contributed by atoms with E-state index >= 15 is 0 Å². The molecule has 3 aromatic heterocycles. The van der Waals surface area contributed by atoms with Gasteiger partial charge in [0.05, 0.1) is 16.6 Å². The van der Waals surface area contributed by atoms with Crippen molar-refractivity contribution >= 4 is 33.0 Å². The number of aromatic nitrogens is 3. The van der Waals surface area contributed by atoms with E-state index in [1.165, 1.54) is 5.56 Å². The number of nitrogens with zero attached hydrogens (tertiary/aromatic N) is 3. The van der Waals surface area contributed by atoms with Crippen molar-refractivity contribution in [2.24, 2.45) is 0 Å². The number of phenolic OH excluding ortho intramolecular Hbond substituents is 1. The number of pyridine rings is 1. The first-order chi connectivity index (χ1) is 27.7. The van der Waals surface area contributed by atoms with Crippen molar-refractivity contribution in [3.63, 3.8) is 0 Å². The molecular formula is C53H49N3O2. The summed E-state index contributed by atoms with van der Waals surface area (Å²) in [5.74, 6) is 0.950. The number of hydrogen-bond donors (Lipinski definition) is 1. The standard InChI is InChI=1S/C53H49N3O2/c1-51(2,3)36-31-42(48(57)43(32-36)52(4,5)6)50-55-47-39(23-17-24-44(47)56(50)38-20-13-10-14-21-38)33-28-34(30-37(29-33)53(7,8)35-18-11-9-12-19-35)46-49-41(26-27-54-46)40-22-15-16-25-45(40)58-49/h9-32,57H,1-8H3. The Morgan fingerprint density at radius 2 is 1.26 bits per heavy atom. The maximum Gasteiger partial charge on any atom is 0.161 e. The molecule has 5 heteroatoms. The predicted octanol–water partition coefficient (Wildman–Crippen LogP) is 13.9. The van der Waals surface area contributed by atoms with Gasteiger partial charge in [-0.05, 0) is 81.6 Å². The highest BCUT2D eigenvalue weighted by atomic mass is 16.3. The summed E-state index contributed by atoms with van der Waals surface area (Å²) < 4.78 is 8.75. The monoisotopic (exact) mass is 759 g/mol. The quantitative estimate of drug-likeness (QED) is 0.183. The Balaban J connectivity index is 1.35. The van der Waals surface area contributed by atoms with Crippen molar-refractivity contribution in [2.75, 3.05) is 0 Å². The number of rotatable bonds is 6. The zero-order chi connectivity index (χ0) is 40.6. The van der Waals surface area contributed by atoms with Gasteiger partial charge in [0.1, 0.15) is 22.9 Å². The minimum Gasteiger partial charge on any atom is -0.507 e. The molecule has 0 unspecified atom stereocenters. The number of imidazole rings is 1. The molecule has 9 rings (SSSR count). The van der Waals surface area contributed by atoms with E-state index in [1.54, 1.807) is 0 Å². The Morgan fingerprint density at radius 1 is 0.569 bits per heavy atom. The molecule has 0 aliphatic rings. The molecule has 1 N–H and O–H groups in total. The van der Waals surface area contributed by atoms with Gasteiger partial charge in [0, 0.05) is 44.8 Å². The van der Waals surface area contributed by atoms with Gasteiger partial charge in [-0.2, -0.15) is 0 Å². The molecule has 3 heterocycles. The lowest BCUT2D eigenvalue weighted by Crippen LogP contribution is -2.19. The molecule has 0 aliphatic heterocycles. The number of aromatic hydroxyl groups is 1. The van der Waals surface area contributed by atoms with Crippen molar-refractivity contribution in [3.05, 3.63) is 168 Å². The summed E-state index contributed by atoms with van der Waals surface area (Å²) >= 11 is 0. The lowest BCUT2D eigenvalue weighted by atomic mass is 9.76. The summed E-state index contributed by atoms with van der Waals surface area (Å²) in [7, 11) is 0. The van der Waals surface area contributed by atoms with Crippen molar-refractivity contribution in [1.82, 2.24) is 14.5 Å². The van der Waals surface area contributed by atoms with E-state index in [-0.39, 0.29) is 22.0 Å². The van der Waals surface area contributed by atoms with Crippen LogP contribution in [0.2, 0.25) is 0 Å². The average molecular weight is 760 g/mol. The first-order valence-corrected chi connectivity index (χ1v) is 20.1. The van der Waals surface area contributed by atoms with Crippen LogP contribution >= 0.6 is 0 Å². The molecule has 0 atom stereocenters. The van der Waals surface area contributed by atoms with Crippen LogP contribution in [0.1, 0.15) is 77.6 Å². The summed E-state index contributed by atoms with van der Waals surface area (Å²) in [4.78, 5) is 10.5. The molecule has 0 fully saturated rings. The van der Waals surface area contributed by atoms with Crippen molar-refractivity contribution in [1.29, 1.82) is 0 Å². The van der Waals surface area contributed by atoms with Crippen molar-refractivity contribution < 1.29 is 9.52 Å². The van der Waals surface area contributed by atoms with Crippen LogP contribution in [0, 0.1) is 0 Å². The summed E-state index contributed by atoms with van der Waals surface area (Å²) in [6.45, 7) is 17.7. The Morgan fingerprint density at radius 3 is 1.98 bits per heavy atom. The highest BCUT2D eigenvalue weighted by molar-refractivity contribution is 6.09. The van der Waals surface area contributed by atoms with Crippen LogP contribution in [0.25, 0.3) is 72.4 Å². The van der Waals surface area contributed by atoms with Gasteiger partial charge in [-0.15, -0.1) is 0 Å². The summed E-state index contributed by atoms with van der Waals surface area (Å²) in [6.07, 6.45) is 1.88. The molecule has 0 saturated carbocycles. The van der Waals surface area contributed by atoms with Crippen LogP contribution in [0.5, 0.6) is 5.75 Å². The van der Waals surface area contributed by atoms with Gasteiger partial charge in [0.2, 0.25) is 0 Å². The van der Waals surface area contributed by atoms with E-state index in [0.29, 0.717) is 11.4 Å². The smallest absolute Gasteiger partial charge is 0.161 e. The fraction of sp³-hybridized carbons (Fsp3) is 0.208. The molecule has 58 heavy (non-hydrogen) atoms. The number of phenols is 1. The highest BCUT2D eigenvalue weighted by Gasteiger charge is 2.30. The van der Waals surface area contributed by atoms with E-state index in [2.05, 4.69) is 157 Å². The molecule has 6 aromatic carbocycles. The normalized spacial score (nSPS) is 12.6. The first-order valence-electron chi connectivity index (χ1n) is 20.1. The van der Waals surface area contributed by atoms with Gasteiger partial charge in [-0.3, -0.25) is 9.55 Å². The molecular weight excluding hydrogens is 711 g/mol. The molecule has 0 bridgehead atoms. The van der Waals surface area contributed by atoms with E-state index in [4.69, 9.17) is 14.4 Å². The summed E-state index contributed by atoms with van der Waals surface area (Å²) in [5.41, 5.74) is 12.4. The van der Waals surface area contributed by atoms with Gasteiger partial charge < -0.3 is 9.52 Å². The summed E-state index contributed by atoms with van der Waals surface area (Å²) in [5, 5.41) is 14.3. The average Bonchev–Trinajstić information content (AvgIpc) is 3.79. The van der Waals surface area contributed by atoms with Crippen LogP contribution < -0.4 is 0 Å². The van der Waals surface area contributed by atoms with Crippen LogP contribution in [-0.4, -0.2) is 19.6 Å².